The van der Waals surface area contributed by atoms with Gasteiger partial charge in [0, 0.05) is 18.5 Å². The summed E-state index contributed by atoms with van der Waals surface area (Å²) in [6.45, 7) is 12.4. The number of aliphatic hydroxyl groups is 1. The van der Waals surface area contributed by atoms with Gasteiger partial charge < -0.3 is 24.4 Å². The van der Waals surface area contributed by atoms with E-state index in [1.54, 1.807) is 17.0 Å². The first-order valence-electron chi connectivity index (χ1n) is 16.7. The highest BCUT2D eigenvalue weighted by Gasteiger charge is 2.40. The number of hydrogen-bond donors (Lipinski definition) is 1. The number of rotatable bonds is 10. The zero-order valence-corrected chi connectivity index (χ0v) is 29.2. The number of carbonyl (C=O) groups is 2. The highest BCUT2D eigenvalue weighted by Crippen LogP contribution is 2.38. The molecule has 6 atom stereocenters. The molecule has 2 aromatic carbocycles. The Morgan fingerprint density at radius 3 is 2.38 bits per heavy atom. The summed E-state index contributed by atoms with van der Waals surface area (Å²) in [5, 5.41) is 12.1. The van der Waals surface area contributed by atoms with Gasteiger partial charge in [0.15, 0.2) is 0 Å². The largest absolute Gasteiger partial charge is 0.458 e. The van der Waals surface area contributed by atoms with Gasteiger partial charge in [-0.15, -0.1) is 11.6 Å². The second-order valence-corrected chi connectivity index (χ2v) is 14.4. The Bertz CT molecular complexity index is 1390. The van der Waals surface area contributed by atoms with Crippen molar-refractivity contribution in [2.45, 2.75) is 97.1 Å². The van der Waals surface area contributed by atoms with Gasteiger partial charge in [-0.1, -0.05) is 57.2 Å². The number of aliphatic hydroxyl groups excluding tert-OH is 1. The molecule has 0 spiro atoms. The summed E-state index contributed by atoms with van der Waals surface area (Å²) in [5.41, 5.74) is 0.0213. The first kappa shape index (κ1) is 36.5. The molecular formula is C38H50ClFN2O5. The van der Waals surface area contributed by atoms with Crippen LogP contribution in [0.15, 0.2) is 78.6 Å². The lowest BCUT2D eigenvalue weighted by molar-refractivity contribution is -0.137. The first-order chi connectivity index (χ1) is 22.3. The van der Waals surface area contributed by atoms with E-state index in [9.17, 15) is 19.1 Å². The number of likely N-dealkylation sites (tertiary alicyclic amines) is 1. The van der Waals surface area contributed by atoms with Crippen LogP contribution in [0.1, 0.15) is 78.8 Å². The molecule has 1 N–H and O–H groups in total. The van der Waals surface area contributed by atoms with Crippen molar-refractivity contribution in [2.75, 3.05) is 12.4 Å². The van der Waals surface area contributed by atoms with Crippen LogP contribution in [-0.4, -0.2) is 63.1 Å². The molecule has 0 radical (unpaired) electrons. The van der Waals surface area contributed by atoms with Gasteiger partial charge in [0.2, 0.25) is 5.91 Å². The van der Waals surface area contributed by atoms with Gasteiger partial charge in [0.25, 0.3) is 0 Å². The topological polar surface area (TPSA) is 79.3 Å². The molecular weight excluding hydrogens is 619 g/mol. The summed E-state index contributed by atoms with van der Waals surface area (Å²) in [7, 11) is 0. The third-order valence-electron chi connectivity index (χ3n) is 8.96. The quantitative estimate of drug-likeness (QED) is 0.258. The second kappa shape index (κ2) is 16.2. The van der Waals surface area contributed by atoms with Crippen molar-refractivity contribution in [3.8, 4) is 5.75 Å². The predicted molar refractivity (Wildman–Crippen MR) is 183 cm³/mol. The number of hydrogen-bond acceptors (Lipinski definition) is 5. The Labute approximate surface area is 284 Å². The Balaban J connectivity index is 1.61. The molecule has 2 amide bonds. The molecule has 1 aliphatic heterocycles. The van der Waals surface area contributed by atoms with Crippen molar-refractivity contribution in [1.82, 2.24) is 9.80 Å². The summed E-state index contributed by atoms with van der Waals surface area (Å²) in [5.74, 6) is 0.425. The SMILES string of the molecule is CC(C)C1CC(C[C@@H](O)[C@H](c2ccc(F)cc2)N(C(=O)CCl)C2C=CC(Oc3ccccc3)=CC2C)CCCN1C(=O)OC(C)(C)C. The van der Waals surface area contributed by atoms with E-state index in [-0.39, 0.29) is 41.7 Å². The van der Waals surface area contributed by atoms with E-state index in [2.05, 4.69) is 13.8 Å². The van der Waals surface area contributed by atoms with Gasteiger partial charge in [-0.2, -0.15) is 0 Å². The molecule has 2 aromatic rings. The van der Waals surface area contributed by atoms with E-state index >= 15 is 0 Å². The molecule has 2 aliphatic rings. The van der Waals surface area contributed by atoms with E-state index in [1.807, 2.05) is 81.2 Å². The smallest absolute Gasteiger partial charge is 0.410 e. The van der Waals surface area contributed by atoms with Gasteiger partial charge >= 0.3 is 6.09 Å². The van der Waals surface area contributed by atoms with Crippen molar-refractivity contribution in [1.29, 1.82) is 0 Å². The number of benzene rings is 2. The maximum Gasteiger partial charge on any atom is 0.410 e. The zero-order chi connectivity index (χ0) is 34.3. The number of nitrogens with zero attached hydrogens (tertiary/aromatic N) is 2. The maximum atomic E-state index is 14.1. The second-order valence-electron chi connectivity index (χ2n) is 14.2. The highest BCUT2D eigenvalue weighted by molar-refractivity contribution is 6.27. The molecule has 0 saturated carbocycles. The number of carbonyl (C=O) groups excluding carboxylic acids is 2. The van der Waals surface area contributed by atoms with Crippen molar-refractivity contribution < 1.29 is 28.6 Å². The molecule has 0 bridgehead atoms. The van der Waals surface area contributed by atoms with Crippen LogP contribution in [0.2, 0.25) is 0 Å². The van der Waals surface area contributed by atoms with E-state index in [0.717, 1.165) is 12.8 Å². The summed E-state index contributed by atoms with van der Waals surface area (Å²) in [6, 6.07) is 14.1. The van der Waals surface area contributed by atoms with Crippen molar-refractivity contribution in [3.05, 3.63) is 90.0 Å². The Kier molecular flexibility index (Phi) is 12.5. The molecule has 1 saturated heterocycles. The number of halogens is 2. The summed E-state index contributed by atoms with van der Waals surface area (Å²) < 4.78 is 25.9. The first-order valence-corrected chi connectivity index (χ1v) is 17.2. The molecule has 1 heterocycles. The Morgan fingerprint density at radius 1 is 1.11 bits per heavy atom. The molecule has 1 aliphatic carbocycles. The fourth-order valence-corrected chi connectivity index (χ4v) is 6.93. The molecule has 4 rings (SSSR count). The van der Waals surface area contributed by atoms with Crippen LogP contribution in [0.3, 0.4) is 0 Å². The average Bonchev–Trinajstić information content (AvgIpc) is 3.23. The molecule has 9 heteroatoms. The van der Waals surface area contributed by atoms with Crippen LogP contribution in [0.25, 0.3) is 0 Å². The van der Waals surface area contributed by atoms with E-state index in [1.165, 1.54) is 12.1 Å². The van der Waals surface area contributed by atoms with Gasteiger partial charge in [-0.3, -0.25) is 4.79 Å². The minimum atomic E-state index is -0.981. The lowest BCUT2D eigenvalue weighted by Crippen LogP contribution is -2.50. The van der Waals surface area contributed by atoms with E-state index in [0.29, 0.717) is 36.5 Å². The molecule has 7 nitrogen and oxygen atoms in total. The van der Waals surface area contributed by atoms with Crippen LogP contribution >= 0.6 is 11.6 Å². The predicted octanol–water partition coefficient (Wildman–Crippen LogP) is 8.28. The standard InChI is InChI=1S/C38H50ClFN2O5/c1-25(2)33-22-27(11-10-20-41(33)37(45)47-38(4,5)6)23-34(43)36(28-14-16-29(40)17-15-28)42(35(44)24-39)32-19-18-31(21-26(32)3)46-30-12-8-7-9-13-30/h7-9,12-19,21,25-27,32-34,36,43H,10-11,20,22-24H2,1-6H3/t26?,27?,32?,33?,34-,36+/m1/s1. The molecule has 256 valence electrons. The zero-order valence-electron chi connectivity index (χ0n) is 28.4. The monoisotopic (exact) mass is 668 g/mol. The normalized spacial score (nSPS) is 23.0. The van der Waals surface area contributed by atoms with E-state index < -0.39 is 29.6 Å². The summed E-state index contributed by atoms with van der Waals surface area (Å²) in [4.78, 5) is 30.4. The maximum absolute atomic E-state index is 14.1. The third kappa shape index (κ3) is 9.83. The van der Waals surface area contributed by atoms with Crippen LogP contribution in [0.5, 0.6) is 5.75 Å². The molecule has 0 aromatic heterocycles. The lowest BCUT2D eigenvalue weighted by Gasteiger charge is -2.43. The fourth-order valence-electron chi connectivity index (χ4n) is 6.79. The number of amides is 2. The molecule has 4 unspecified atom stereocenters. The van der Waals surface area contributed by atoms with Gasteiger partial charge in [-0.25, -0.2) is 9.18 Å². The Hall–Kier alpha value is -3.36. The number of ether oxygens (including phenoxy) is 2. The highest BCUT2D eigenvalue weighted by atomic mass is 35.5. The van der Waals surface area contributed by atoms with Crippen LogP contribution in [0.4, 0.5) is 9.18 Å². The van der Waals surface area contributed by atoms with Crippen molar-refractivity contribution >= 4 is 23.6 Å². The number of para-hydroxylation sites is 1. The third-order valence-corrected chi connectivity index (χ3v) is 9.19. The minimum absolute atomic E-state index is 0.0659. The van der Waals surface area contributed by atoms with Crippen LogP contribution in [0, 0.1) is 23.6 Å². The fraction of sp³-hybridized carbons (Fsp3) is 0.526. The average molecular weight is 669 g/mol. The Morgan fingerprint density at radius 2 is 1.79 bits per heavy atom. The van der Waals surface area contributed by atoms with Crippen LogP contribution in [-0.2, 0) is 9.53 Å². The number of alkyl halides is 1. The van der Waals surface area contributed by atoms with Crippen molar-refractivity contribution in [2.24, 2.45) is 17.8 Å². The lowest BCUT2D eigenvalue weighted by atomic mass is 9.83. The minimum Gasteiger partial charge on any atom is -0.458 e. The number of allylic oxidation sites excluding steroid dienone is 1. The van der Waals surface area contributed by atoms with Crippen molar-refractivity contribution in [3.63, 3.8) is 0 Å². The summed E-state index contributed by atoms with van der Waals surface area (Å²) >= 11 is 6.22. The van der Waals surface area contributed by atoms with Crippen LogP contribution < -0.4 is 4.74 Å². The van der Waals surface area contributed by atoms with Gasteiger partial charge in [0.05, 0.1) is 18.2 Å². The van der Waals surface area contributed by atoms with Gasteiger partial charge in [-0.05, 0) is 100 Å². The van der Waals surface area contributed by atoms with Gasteiger partial charge in [0.1, 0.15) is 28.8 Å². The molecule has 47 heavy (non-hydrogen) atoms. The summed E-state index contributed by atoms with van der Waals surface area (Å²) in [6.07, 6.45) is 7.07. The molecule has 1 fully saturated rings. The van der Waals surface area contributed by atoms with E-state index in [4.69, 9.17) is 21.1 Å².